The summed E-state index contributed by atoms with van der Waals surface area (Å²) in [5.41, 5.74) is 2.33. The summed E-state index contributed by atoms with van der Waals surface area (Å²) in [6.07, 6.45) is 0. The average Bonchev–Trinajstić information content (AvgIpc) is 2.44. The molecule has 0 aliphatic heterocycles. The van der Waals surface area contributed by atoms with Crippen LogP contribution in [0.2, 0.25) is 0 Å². The third-order valence-corrected chi connectivity index (χ3v) is 3.24. The Hall–Kier alpha value is -2.54. The first-order valence-corrected chi connectivity index (χ1v) is 6.27. The zero-order valence-corrected chi connectivity index (χ0v) is 11.3. The van der Waals surface area contributed by atoms with Gasteiger partial charge in [0.05, 0.1) is 11.6 Å². The molecule has 102 valence electrons. The molecule has 2 aromatic carbocycles. The summed E-state index contributed by atoms with van der Waals surface area (Å²) in [4.78, 5) is 0. The quantitative estimate of drug-likeness (QED) is 0.889. The number of anilines is 1. The Morgan fingerprint density at radius 1 is 1.25 bits per heavy atom. The van der Waals surface area contributed by atoms with Crippen LogP contribution < -0.4 is 5.32 Å². The Balaban J connectivity index is 2.28. The van der Waals surface area contributed by atoms with Gasteiger partial charge in [-0.1, -0.05) is 12.1 Å². The first kappa shape index (κ1) is 13.9. The van der Waals surface area contributed by atoms with Crippen LogP contribution in [0.3, 0.4) is 0 Å². The number of phenolic OH excluding ortho intramolecular Hbond substituents is 1. The molecule has 0 amide bonds. The molecule has 2 aromatic rings. The van der Waals surface area contributed by atoms with Gasteiger partial charge in [-0.15, -0.1) is 0 Å². The minimum atomic E-state index is -0.399. The highest BCUT2D eigenvalue weighted by atomic mass is 19.1. The molecule has 0 radical (unpaired) electrons. The Morgan fingerprint density at radius 2 is 1.90 bits per heavy atom. The van der Waals surface area contributed by atoms with Gasteiger partial charge in [-0.05, 0) is 43.7 Å². The number of rotatable bonds is 3. The highest BCUT2D eigenvalue weighted by molar-refractivity contribution is 5.57. The number of hydrogen-bond acceptors (Lipinski definition) is 3. The topological polar surface area (TPSA) is 56.0 Å². The number of nitriles is 1. The first-order valence-electron chi connectivity index (χ1n) is 6.27. The fourth-order valence-corrected chi connectivity index (χ4v) is 1.97. The lowest BCUT2D eigenvalue weighted by Gasteiger charge is -2.18. The van der Waals surface area contributed by atoms with E-state index in [1.165, 1.54) is 6.07 Å². The van der Waals surface area contributed by atoms with Crippen molar-refractivity contribution in [1.29, 1.82) is 5.26 Å². The smallest absolute Gasteiger partial charge is 0.129 e. The molecular weight excluding hydrogens is 255 g/mol. The van der Waals surface area contributed by atoms with Crippen molar-refractivity contribution in [3.8, 4) is 11.8 Å². The molecule has 4 heteroatoms. The van der Waals surface area contributed by atoms with Crippen molar-refractivity contribution in [3.63, 3.8) is 0 Å². The zero-order valence-electron chi connectivity index (χ0n) is 11.3. The van der Waals surface area contributed by atoms with E-state index in [1.807, 2.05) is 13.0 Å². The lowest BCUT2D eigenvalue weighted by Crippen LogP contribution is -2.08. The van der Waals surface area contributed by atoms with E-state index in [9.17, 15) is 9.50 Å². The van der Waals surface area contributed by atoms with E-state index < -0.39 is 5.82 Å². The standard InChI is InChI=1S/C16H15FN2O/c1-10-15(17)7-12(9-18)8-16(10)19-11(2)13-3-5-14(20)6-4-13/h3-8,11,19-20H,1-2H3. The number of benzene rings is 2. The maximum atomic E-state index is 13.7. The fraction of sp³-hybridized carbons (Fsp3) is 0.188. The average molecular weight is 270 g/mol. The van der Waals surface area contributed by atoms with Gasteiger partial charge in [0.15, 0.2) is 0 Å². The van der Waals surface area contributed by atoms with E-state index in [4.69, 9.17) is 5.26 Å². The largest absolute Gasteiger partial charge is 0.508 e. The Morgan fingerprint density at radius 3 is 2.50 bits per heavy atom. The molecule has 0 heterocycles. The molecule has 0 spiro atoms. The van der Waals surface area contributed by atoms with Crippen LogP contribution in [0.1, 0.15) is 29.7 Å². The molecule has 2 N–H and O–H groups in total. The molecule has 0 fully saturated rings. The predicted octanol–water partition coefficient (Wildman–Crippen LogP) is 3.88. The first-order chi connectivity index (χ1) is 9.51. The van der Waals surface area contributed by atoms with Gasteiger partial charge >= 0.3 is 0 Å². The zero-order chi connectivity index (χ0) is 14.7. The molecule has 0 saturated carbocycles. The van der Waals surface area contributed by atoms with E-state index in [1.54, 1.807) is 37.3 Å². The highest BCUT2D eigenvalue weighted by Crippen LogP contribution is 2.26. The van der Waals surface area contributed by atoms with Gasteiger partial charge in [-0.25, -0.2) is 4.39 Å². The second-order valence-corrected chi connectivity index (χ2v) is 4.70. The molecule has 2 rings (SSSR count). The minimum Gasteiger partial charge on any atom is -0.508 e. The molecule has 0 saturated heterocycles. The van der Waals surface area contributed by atoms with Crippen molar-refractivity contribution >= 4 is 5.69 Å². The minimum absolute atomic E-state index is 0.0670. The van der Waals surface area contributed by atoms with Crippen molar-refractivity contribution in [2.75, 3.05) is 5.32 Å². The number of nitrogens with one attached hydrogen (secondary N) is 1. The Bertz CT molecular complexity index is 659. The normalized spacial score (nSPS) is 11.7. The Kier molecular flexibility index (Phi) is 3.90. The SMILES string of the molecule is Cc1c(F)cc(C#N)cc1NC(C)c1ccc(O)cc1. The van der Waals surface area contributed by atoms with Crippen molar-refractivity contribution in [1.82, 2.24) is 0 Å². The van der Waals surface area contributed by atoms with Gasteiger partial charge in [0.2, 0.25) is 0 Å². The van der Waals surface area contributed by atoms with Crippen LogP contribution in [0, 0.1) is 24.1 Å². The second kappa shape index (κ2) is 5.62. The van der Waals surface area contributed by atoms with E-state index in [-0.39, 0.29) is 17.4 Å². The van der Waals surface area contributed by atoms with Crippen molar-refractivity contribution in [2.45, 2.75) is 19.9 Å². The molecule has 3 nitrogen and oxygen atoms in total. The molecule has 0 aromatic heterocycles. The number of halogens is 1. The molecule has 0 aliphatic rings. The summed E-state index contributed by atoms with van der Waals surface area (Å²) >= 11 is 0. The number of aromatic hydroxyl groups is 1. The van der Waals surface area contributed by atoms with E-state index in [0.717, 1.165) is 5.56 Å². The van der Waals surface area contributed by atoms with Crippen LogP contribution in [0.5, 0.6) is 5.75 Å². The molecule has 0 aliphatic carbocycles. The predicted molar refractivity (Wildman–Crippen MR) is 76.0 cm³/mol. The van der Waals surface area contributed by atoms with Crippen LogP contribution in [0.4, 0.5) is 10.1 Å². The van der Waals surface area contributed by atoms with Crippen molar-refractivity contribution < 1.29 is 9.50 Å². The lowest BCUT2D eigenvalue weighted by molar-refractivity contribution is 0.475. The summed E-state index contributed by atoms with van der Waals surface area (Å²) in [5, 5.41) is 21.3. The van der Waals surface area contributed by atoms with Crippen LogP contribution in [0.25, 0.3) is 0 Å². The summed E-state index contributed by atoms with van der Waals surface area (Å²) in [5.74, 6) is -0.195. The lowest BCUT2D eigenvalue weighted by atomic mass is 10.1. The van der Waals surface area contributed by atoms with E-state index in [0.29, 0.717) is 11.3 Å². The van der Waals surface area contributed by atoms with Crippen LogP contribution in [-0.2, 0) is 0 Å². The molecule has 1 atom stereocenters. The van der Waals surface area contributed by atoms with Gasteiger partial charge in [-0.2, -0.15) is 5.26 Å². The van der Waals surface area contributed by atoms with Crippen molar-refractivity contribution in [3.05, 3.63) is 58.9 Å². The summed E-state index contributed by atoms with van der Waals surface area (Å²) in [7, 11) is 0. The van der Waals surface area contributed by atoms with Gasteiger partial charge in [0, 0.05) is 17.3 Å². The van der Waals surface area contributed by atoms with E-state index in [2.05, 4.69) is 5.32 Å². The molecule has 0 bridgehead atoms. The third kappa shape index (κ3) is 2.89. The number of phenols is 1. The van der Waals surface area contributed by atoms with Crippen LogP contribution in [-0.4, -0.2) is 5.11 Å². The highest BCUT2D eigenvalue weighted by Gasteiger charge is 2.11. The summed E-state index contributed by atoms with van der Waals surface area (Å²) in [6, 6.07) is 11.5. The maximum absolute atomic E-state index is 13.7. The van der Waals surface area contributed by atoms with Gasteiger partial charge in [0.25, 0.3) is 0 Å². The van der Waals surface area contributed by atoms with Gasteiger partial charge < -0.3 is 10.4 Å². The fourth-order valence-electron chi connectivity index (χ4n) is 1.97. The number of hydrogen-bond donors (Lipinski definition) is 2. The molecule has 20 heavy (non-hydrogen) atoms. The van der Waals surface area contributed by atoms with Gasteiger partial charge in [0.1, 0.15) is 11.6 Å². The van der Waals surface area contributed by atoms with E-state index >= 15 is 0 Å². The third-order valence-electron chi connectivity index (χ3n) is 3.24. The number of nitrogens with zero attached hydrogens (tertiary/aromatic N) is 1. The summed E-state index contributed by atoms with van der Waals surface area (Å²) < 4.78 is 13.7. The monoisotopic (exact) mass is 270 g/mol. The van der Waals surface area contributed by atoms with Crippen LogP contribution in [0.15, 0.2) is 36.4 Å². The molecule has 1 unspecified atom stereocenters. The van der Waals surface area contributed by atoms with Gasteiger partial charge in [-0.3, -0.25) is 0 Å². The maximum Gasteiger partial charge on any atom is 0.129 e. The Labute approximate surface area is 117 Å². The van der Waals surface area contributed by atoms with Crippen molar-refractivity contribution in [2.24, 2.45) is 0 Å². The summed E-state index contributed by atoms with van der Waals surface area (Å²) in [6.45, 7) is 3.60. The second-order valence-electron chi connectivity index (χ2n) is 4.70. The van der Waals surface area contributed by atoms with Crippen LogP contribution >= 0.6 is 0 Å². The molecular formula is C16H15FN2O.